The summed E-state index contributed by atoms with van der Waals surface area (Å²) in [5.41, 5.74) is 1.07. The molecule has 156 valence electrons. The van der Waals surface area contributed by atoms with E-state index < -0.39 is 15.7 Å². The van der Waals surface area contributed by atoms with Gasteiger partial charge < -0.3 is 15.2 Å². The number of aliphatic imine (C=N–C) groups is 1. The number of nitrogens with zero attached hydrogens (tertiary/aromatic N) is 3. The van der Waals surface area contributed by atoms with Gasteiger partial charge in [-0.3, -0.25) is 0 Å². The molecule has 0 atom stereocenters. The van der Waals surface area contributed by atoms with Crippen molar-refractivity contribution in [3.05, 3.63) is 46.9 Å². The maximum Gasteiger partial charge on any atom is 0.228 e. The fraction of sp³-hybridized carbons (Fsp3) is 0.471. The molecule has 0 aliphatic carbocycles. The molecule has 0 spiro atoms. The van der Waals surface area contributed by atoms with E-state index in [0.717, 1.165) is 6.26 Å². The second-order valence-electron chi connectivity index (χ2n) is 6.09. The standard InChI is InChI=1S/C17H24FN5O3S.HI/c1-4-19-17(20-8-7-16-22-12(2)23-26-16)21-10-14-9-15(18)6-5-13(14)11-27(3,24)25;/h5-6,9H,4,7-8,10-11H2,1-3H3,(H2,19,20,21);1H. The average Bonchev–Trinajstić information content (AvgIpc) is 2.99. The Labute approximate surface area is 181 Å². The van der Waals surface area contributed by atoms with E-state index in [0.29, 0.717) is 48.3 Å². The molecule has 28 heavy (non-hydrogen) atoms. The number of hydrogen-bond acceptors (Lipinski definition) is 6. The lowest BCUT2D eigenvalue weighted by Gasteiger charge is -2.12. The minimum absolute atomic E-state index is 0. The number of guanidine groups is 1. The van der Waals surface area contributed by atoms with Crippen LogP contribution in [-0.4, -0.2) is 43.9 Å². The van der Waals surface area contributed by atoms with E-state index >= 15 is 0 Å². The van der Waals surface area contributed by atoms with Crippen molar-refractivity contribution in [2.45, 2.75) is 32.6 Å². The van der Waals surface area contributed by atoms with E-state index in [-0.39, 0.29) is 36.3 Å². The van der Waals surface area contributed by atoms with E-state index in [1.54, 1.807) is 6.92 Å². The van der Waals surface area contributed by atoms with Crippen molar-refractivity contribution in [2.24, 2.45) is 4.99 Å². The van der Waals surface area contributed by atoms with Crippen LogP contribution in [0.1, 0.15) is 29.8 Å². The molecule has 1 heterocycles. The van der Waals surface area contributed by atoms with Crippen molar-refractivity contribution in [3.63, 3.8) is 0 Å². The van der Waals surface area contributed by atoms with Crippen LogP contribution in [0.5, 0.6) is 0 Å². The highest BCUT2D eigenvalue weighted by Gasteiger charge is 2.11. The molecule has 0 bridgehead atoms. The van der Waals surface area contributed by atoms with Crippen LogP contribution in [-0.2, 0) is 28.6 Å². The van der Waals surface area contributed by atoms with E-state index in [2.05, 4.69) is 25.8 Å². The fourth-order valence-corrected chi connectivity index (χ4v) is 3.25. The van der Waals surface area contributed by atoms with E-state index in [9.17, 15) is 12.8 Å². The molecule has 0 unspecified atom stereocenters. The van der Waals surface area contributed by atoms with Crippen LogP contribution in [0, 0.1) is 12.7 Å². The lowest BCUT2D eigenvalue weighted by atomic mass is 10.1. The highest BCUT2D eigenvalue weighted by molar-refractivity contribution is 14.0. The smallest absolute Gasteiger partial charge is 0.228 e. The summed E-state index contributed by atoms with van der Waals surface area (Å²) >= 11 is 0. The number of aryl methyl sites for hydroxylation is 1. The van der Waals surface area contributed by atoms with E-state index in [1.165, 1.54) is 18.2 Å². The van der Waals surface area contributed by atoms with Crippen molar-refractivity contribution in [1.29, 1.82) is 0 Å². The van der Waals surface area contributed by atoms with Crippen molar-refractivity contribution in [2.75, 3.05) is 19.3 Å². The number of rotatable bonds is 8. The molecule has 2 N–H and O–H groups in total. The zero-order chi connectivity index (χ0) is 19.9. The summed E-state index contributed by atoms with van der Waals surface area (Å²) in [5.74, 6) is 1.05. The third kappa shape index (κ3) is 8.50. The lowest BCUT2D eigenvalue weighted by Crippen LogP contribution is -2.38. The van der Waals surface area contributed by atoms with Gasteiger partial charge in [0, 0.05) is 25.8 Å². The first kappa shape index (κ1) is 24.3. The van der Waals surface area contributed by atoms with Crippen LogP contribution in [0.4, 0.5) is 4.39 Å². The molecule has 1 aromatic carbocycles. The third-order valence-electron chi connectivity index (χ3n) is 3.54. The van der Waals surface area contributed by atoms with Gasteiger partial charge in [-0.2, -0.15) is 4.98 Å². The van der Waals surface area contributed by atoms with Gasteiger partial charge in [0.05, 0.1) is 12.3 Å². The first-order valence-electron chi connectivity index (χ1n) is 8.53. The molecule has 0 saturated carbocycles. The quantitative estimate of drug-likeness (QED) is 0.308. The van der Waals surface area contributed by atoms with Crippen LogP contribution in [0.15, 0.2) is 27.7 Å². The Morgan fingerprint density at radius 1 is 1.29 bits per heavy atom. The summed E-state index contributed by atoms with van der Waals surface area (Å²) in [6.45, 7) is 4.99. The Morgan fingerprint density at radius 2 is 2.04 bits per heavy atom. The van der Waals surface area contributed by atoms with Gasteiger partial charge in [0.1, 0.15) is 5.82 Å². The normalized spacial score (nSPS) is 11.8. The molecule has 2 aromatic rings. The number of hydrogen-bond donors (Lipinski definition) is 2. The third-order valence-corrected chi connectivity index (χ3v) is 4.37. The van der Waals surface area contributed by atoms with Crippen molar-refractivity contribution in [3.8, 4) is 0 Å². The summed E-state index contributed by atoms with van der Waals surface area (Å²) in [4.78, 5) is 8.54. The monoisotopic (exact) mass is 525 g/mol. The number of nitrogens with one attached hydrogen (secondary N) is 2. The molecule has 11 heteroatoms. The van der Waals surface area contributed by atoms with Gasteiger partial charge in [0.2, 0.25) is 5.89 Å². The molecule has 0 amide bonds. The molecule has 0 aliphatic rings. The number of aromatic nitrogens is 2. The topological polar surface area (TPSA) is 109 Å². The largest absolute Gasteiger partial charge is 0.357 e. The van der Waals surface area contributed by atoms with Gasteiger partial charge in [-0.15, -0.1) is 24.0 Å². The summed E-state index contributed by atoms with van der Waals surface area (Å²) < 4.78 is 41.8. The maximum absolute atomic E-state index is 13.6. The Hall–Kier alpha value is -1.76. The highest BCUT2D eigenvalue weighted by Crippen LogP contribution is 2.15. The molecule has 0 aliphatic heterocycles. The molecular formula is C17H25FIN5O3S. The van der Waals surface area contributed by atoms with Crippen LogP contribution >= 0.6 is 24.0 Å². The number of sulfone groups is 1. The molecule has 0 saturated heterocycles. The Kier molecular flexibility index (Phi) is 9.79. The average molecular weight is 525 g/mol. The van der Waals surface area contributed by atoms with Crippen molar-refractivity contribution >= 4 is 39.8 Å². The van der Waals surface area contributed by atoms with Crippen LogP contribution in [0.2, 0.25) is 0 Å². The van der Waals surface area contributed by atoms with Gasteiger partial charge in [0.15, 0.2) is 21.6 Å². The second-order valence-corrected chi connectivity index (χ2v) is 8.23. The van der Waals surface area contributed by atoms with E-state index in [1.807, 2.05) is 6.92 Å². The van der Waals surface area contributed by atoms with E-state index in [4.69, 9.17) is 4.52 Å². The zero-order valence-corrected chi connectivity index (χ0v) is 19.2. The van der Waals surface area contributed by atoms with Gasteiger partial charge in [0.25, 0.3) is 0 Å². The molecule has 2 rings (SSSR count). The Morgan fingerprint density at radius 3 is 2.64 bits per heavy atom. The second kappa shape index (κ2) is 11.3. The fourth-order valence-electron chi connectivity index (χ4n) is 2.40. The highest BCUT2D eigenvalue weighted by atomic mass is 127. The van der Waals surface area contributed by atoms with Gasteiger partial charge >= 0.3 is 0 Å². The Bertz CT molecular complexity index is 902. The molecule has 0 radical (unpaired) electrons. The zero-order valence-electron chi connectivity index (χ0n) is 16.0. The molecular weight excluding hydrogens is 500 g/mol. The maximum atomic E-state index is 13.6. The van der Waals surface area contributed by atoms with Gasteiger partial charge in [-0.05, 0) is 37.1 Å². The minimum Gasteiger partial charge on any atom is -0.357 e. The molecule has 0 fully saturated rings. The van der Waals surface area contributed by atoms with Crippen molar-refractivity contribution in [1.82, 2.24) is 20.8 Å². The van der Waals surface area contributed by atoms with Crippen molar-refractivity contribution < 1.29 is 17.3 Å². The Balaban J connectivity index is 0.00000392. The summed E-state index contributed by atoms with van der Waals surface area (Å²) in [6, 6.07) is 4.05. The predicted octanol–water partition coefficient (Wildman–Crippen LogP) is 1.98. The van der Waals surface area contributed by atoms with Crippen LogP contribution < -0.4 is 10.6 Å². The van der Waals surface area contributed by atoms with Gasteiger partial charge in [-0.1, -0.05) is 11.2 Å². The molecule has 1 aromatic heterocycles. The number of halogens is 2. The SMILES string of the molecule is CCNC(=NCc1cc(F)ccc1CS(C)(=O)=O)NCCc1nc(C)no1.I. The van der Waals surface area contributed by atoms with Crippen LogP contribution in [0.3, 0.4) is 0 Å². The summed E-state index contributed by atoms with van der Waals surface area (Å²) in [7, 11) is -3.23. The minimum atomic E-state index is -3.23. The lowest BCUT2D eigenvalue weighted by molar-refractivity contribution is 0.374. The summed E-state index contributed by atoms with van der Waals surface area (Å²) in [5, 5.41) is 9.95. The predicted molar refractivity (Wildman–Crippen MR) is 116 cm³/mol. The number of benzene rings is 1. The first-order chi connectivity index (χ1) is 12.8. The van der Waals surface area contributed by atoms with Gasteiger partial charge in [-0.25, -0.2) is 17.8 Å². The summed E-state index contributed by atoms with van der Waals surface area (Å²) in [6.07, 6.45) is 1.68. The van der Waals surface area contributed by atoms with Crippen LogP contribution in [0.25, 0.3) is 0 Å². The molecule has 8 nitrogen and oxygen atoms in total. The first-order valence-corrected chi connectivity index (χ1v) is 10.6.